The van der Waals surface area contributed by atoms with E-state index < -0.39 is 6.10 Å². The van der Waals surface area contributed by atoms with Crippen LogP contribution in [0.15, 0.2) is 28.7 Å². The van der Waals surface area contributed by atoms with Gasteiger partial charge in [0.05, 0.1) is 4.34 Å². The van der Waals surface area contributed by atoms with E-state index in [1.165, 1.54) is 11.3 Å². The average Bonchev–Trinajstić information content (AvgIpc) is 2.60. The number of thiophene rings is 1. The summed E-state index contributed by atoms with van der Waals surface area (Å²) in [6.45, 7) is 0. The third kappa shape index (κ3) is 2.98. The number of aliphatic hydroxyl groups excluding tert-OH is 1. The summed E-state index contributed by atoms with van der Waals surface area (Å²) in [4.78, 5) is 0. The maximum Gasteiger partial charge on any atom is 0.108 e. The van der Waals surface area contributed by atoms with E-state index in [1.807, 2.05) is 0 Å². The van der Waals surface area contributed by atoms with Gasteiger partial charge in [-0.05, 0) is 24.3 Å². The van der Waals surface area contributed by atoms with Crippen molar-refractivity contribution in [2.45, 2.75) is 6.10 Å². The van der Waals surface area contributed by atoms with Gasteiger partial charge in [-0.3, -0.25) is 0 Å². The van der Waals surface area contributed by atoms with Crippen molar-refractivity contribution in [3.63, 3.8) is 0 Å². The molecule has 0 saturated carbocycles. The molecular weight excluding hydrogens is 366 g/mol. The molecule has 2 rings (SSSR count). The molecule has 1 atom stereocenters. The molecule has 2 aromatic rings. The second-order valence-electron chi connectivity index (χ2n) is 3.35. The third-order valence-electron chi connectivity index (χ3n) is 2.23. The summed E-state index contributed by atoms with van der Waals surface area (Å²) in [5.41, 5.74) is 1.25. The molecule has 0 amide bonds. The summed E-state index contributed by atoms with van der Waals surface area (Å²) in [7, 11) is 0. The summed E-state index contributed by atoms with van der Waals surface area (Å²) in [6, 6.07) is 6.87. The monoisotopic (exact) mass is 370 g/mol. The lowest BCUT2D eigenvalue weighted by atomic mass is 10.0. The van der Waals surface area contributed by atoms with Crippen LogP contribution in [-0.4, -0.2) is 5.11 Å². The van der Waals surface area contributed by atoms with Crippen molar-refractivity contribution in [1.29, 1.82) is 0 Å². The summed E-state index contributed by atoms with van der Waals surface area (Å²) in [6.07, 6.45) is -0.848. The zero-order chi connectivity index (χ0) is 12.6. The van der Waals surface area contributed by atoms with Crippen LogP contribution in [-0.2, 0) is 0 Å². The van der Waals surface area contributed by atoms with Gasteiger partial charge in [0.1, 0.15) is 10.4 Å². The van der Waals surface area contributed by atoms with Crippen molar-refractivity contribution >= 4 is 62.1 Å². The second kappa shape index (κ2) is 5.47. The zero-order valence-electron chi connectivity index (χ0n) is 8.25. The van der Waals surface area contributed by atoms with E-state index in [4.69, 9.17) is 34.8 Å². The van der Waals surface area contributed by atoms with Gasteiger partial charge in [0.25, 0.3) is 0 Å². The van der Waals surface area contributed by atoms with Gasteiger partial charge in [-0.1, -0.05) is 50.7 Å². The van der Waals surface area contributed by atoms with Gasteiger partial charge in [0.2, 0.25) is 0 Å². The molecule has 17 heavy (non-hydrogen) atoms. The molecule has 0 spiro atoms. The first-order valence-electron chi connectivity index (χ1n) is 4.57. The predicted molar refractivity (Wildman–Crippen MR) is 77.6 cm³/mol. The van der Waals surface area contributed by atoms with Crippen LogP contribution in [0.3, 0.4) is 0 Å². The SMILES string of the molecule is OC(c1cc(Cl)ccc1Br)c1cc(Cl)sc1Cl. The normalized spacial score (nSPS) is 12.8. The van der Waals surface area contributed by atoms with E-state index >= 15 is 0 Å². The number of rotatable bonds is 2. The summed E-state index contributed by atoms with van der Waals surface area (Å²) < 4.78 is 1.80. The smallest absolute Gasteiger partial charge is 0.108 e. The van der Waals surface area contributed by atoms with Crippen LogP contribution < -0.4 is 0 Å². The van der Waals surface area contributed by atoms with Crippen LogP contribution in [0, 0.1) is 0 Å². The van der Waals surface area contributed by atoms with E-state index in [-0.39, 0.29) is 0 Å². The molecule has 6 heteroatoms. The van der Waals surface area contributed by atoms with Gasteiger partial charge in [-0.15, -0.1) is 11.3 Å². The molecule has 0 aliphatic rings. The number of benzene rings is 1. The highest BCUT2D eigenvalue weighted by Gasteiger charge is 2.19. The lowest BCUT2D eigenvalue weighted by Crippen LogP contribution is -1.99. The van der Waals surface area contributed by atoms with Crippen LogP contribution in [0.1, 0.15) is 17.2 Å². The molecular formula is C11H6BrCl3OS. The summed E-state index contributed by atoms with van der Waals surface area (Å²) in [5.74, 6) is 0. The first kappa shape index (κ1) is 13.7. The molecule has 0 aliphatic carbocycles. The van der Waals surface area contributed by atoms with E-state index in [2.05, 4.69) is 15.9 Å². The van der Waals surface area contributed by atoms with Crippen LogP contribution in [0.5, 0.6) is 0 Å². The standard InChI is InChI=1S/C11H6BrCl3OS/c12-8-2-1-5(13)3-6(8)10(16)7-4-9(14)17-11(7)15/h1-4,10,16H. The number of hydrogen-bond acceptors (Lipinski definition) is 2. The Balaban J connectivity index is 2.46. The van der Waals surface area contributed by atoms with Crippen LogP contribution in [0.25, 0.3) is 0 Å². The molecule has 1 aromatic carbocycles. The Morgan fingerprint density at radius 3 is 2.41 bits per heavy atom. The number of aliphatic hydroxyl groups is 1. The van der Waals surface area contributed by atoms with Crippen molar-refractivity contribution in [1.82, 2.24) is 0 Å². The summed E-state index contributed by atoms with van der Waals surface area (Å²) in [5, 5.41) is 10.8. The lowest BCUT2D eigenvalue weighted by molar-refractivity contribution is 0.220. The van der Waals surface area contributed by atoms with Crippen molar-refractivity contribution in [2.24, 2.45) is 0 Å². The fourth-order valence-corrected chi connectivity index (χ4v) is 3.60. The minimum atomic E-state index is -0.848. The largest absolute Gasteiger partial charge is 0.384 e. The van der Waals surface area contributed by atoms with Crippen LogP contribution in [0.2, 0.25) is 13.7 Å². The number of hydrogen-bond donors (Lipinski definition) is 1. The van der Waals surface area contributed by atoms with Crippen molar-refractivity contribution in [3.8, 4) is 0 Å². The maximum absolute atomic E-state index is 10.3. The fourth-order valence-electron chi connectivity index (χ4n) is 1.43. The van der Waals surface area contributed by atoms with Gasteiger partial charge in [0, 0.05) is 20.6 Å². The molecule has 0 saturated heterocycles. The van der Waals surface area contributed by atoms with Crippen molar-refractivity contribution in [3.05, 3.63) is 53.6 Å². The van der Waals surface area contributed by atoms with Gasteiger partial charge < -0.3 is 5.11 Å². The molecule has 0 fully saturated rings. The van der Waals surface area contributed by atoms with E-state index in [0.29, 0.717) is 24.8 Å². The van der Waals surface area contributed by atoms with Gasteiger partial charge in [-0.2, -0.15) is 0 Å². The molecule has 90 valence electrons. The average molecular weight is 372 g/mol. The minimum absolute atomic E-state index is 0.481. The predicted octanol–water partition coefficient (Wildman–Crippen LogP) is 5.55. The van der Waals surface area contributed by atoms with Gasteiger partial charge >= 0.3 is 0 Å². The molecule has 1 N–H and O–H groups in total. The maximum atomic E-state index is 10.3. The van der Waals surface area contributed by atoms with Crippen LogP contribution >= 0.6 is 62.1 Å². The first-order chi connectivity index (χ1) is 7.99. The lowest BCUT2D eigenvalue weighted by Gasteiger charge is -2.12. The Labute approximate surface area is 126 Å². The summed E-state index contributed by atoms with van der Waals surface area (Å²) >= 11 is 22.4. The topological polar surface area (TPSA) is 20.2 Å². The molecule has 1 nitrogen and oxygen atoms in total. The molecule has 0 bridgehead atoms. The highest BCUT2D eigenvalue weighted by atomic mass is 79.9. The van der Waals surface area contributed by atoms with Crippen molar-refractivity contribution < 1.29 is 5.11 Å². The van der Waals surface area contributed by atoms with Gasteiger partial charge in [-0.25, -0.2) is 0 Å². The Morgan fingerprint density at radius 2 is 1.82 bits per heavy atom. The first-order valence-corrected chi connectivity index (χ1v) is 7.31. The van der Waals surface area contributed by atoms with E-state index in [1.54, 1.807) is 24.3 Å². The van der Waals surface area contributed by atoms with Crippen molar-refractivity contribution in [2.75, 3.05) is 0 Å². The Kier molecular flexibility index (Phi) is 4.40. The molecule has 0 aliphatic heterocycles. The zero-order valence-corrected chi connectivity index (χ0v) is 12.9. The Hall–Kier alpha value is 0.230. The molecule has 0 radical (unpaired) electrons. The van der Waals surface area contributed by atoms with Crippen LogP contribution in [0.4, 0.5) is 0 Å². The highest BCUT2D eigenvalue weighted by Crippen LogP contribution is 2.39. The molecule has 1 unspecified atom stereocenters. The van der Waals surface area contributed by atoms with E-state index in [0.717, 1.165) is 4.47 Å². The Morgan fingerprint density at radius 1 is 1.12 bits per heavy atom. The molecule has 1 heterocycles. The minimum Gasteiger partial charge on any atom is -0.384 e. The number of halogens is 4. The third-order valence-corrected chi connectivity index (χ3v) is 4.71. The highest BCUT2D eigenvalue weighted by molar-refractivity contribution is 9.10. The molecule has 1 aromatic heterocycles. The van der Waals surface area contributed by atoms with Gasteiger partial charge in [0.15, 0.2) is 0 Å². The van der Waals surface area contributed by atoms with E-state index in [9.17, 15) is 5.11 Å². The Bertz CT molecular complexity index is 556. The fraction of sp³-hybridized carbons (Fsp3) is 0.0909. The quantitative estimate of drug-likeness (QED) is 0.732. The second-order valence-corrected chi connectivity index (χ2v) is 6.92.